The van der Waals surface area contributed by atoms with Gasteiger partial charge in [-0.25, -0.2) is 0 Å². The predicted octanol–water partition coefficient (Wildman–Crippen LogP) is 2.96. The topological polar surface area (TPSA) is 160 Å². The normalized spacial score (nSPS) is 48.8. The van der Waals surface area contributed by atoms with Crippen LogP contribution in [0.3, 0.4) is 0 Å². The number of aliphatic hydroxyl groups excluding tert-OH is 1. The highest BCUT2D eigenvalue weighted by molar-refractivity contribution is 7.86. The summed E-state index contributed by atoms with van der Waals surface area (Å²) in [7, 11) is -3.83. The molecule has 3 saturated carbocycles. The van der Waals surface area contributed by atoms with Gasteiger partial charge < -0.3 is 29.9 Å². The van der Waals surface area contributed by atoms with Gasteiger partial charge in [-0.2, -0.15) is 8.42 Å². The van der Waals surface area contributed by atoms with E-state index in [1.807, 2.05) is 20.8 Å². The van der Waals surface area contributed by atoms with Crippen molar-refractivity contribution in [2.24, 2.45) is 28.6 Å². The molecule has 0 aromatic rings. The van der Waals surface area contributed by atoms with Crippen molar-refractivity contribution in [3.05, 3.63) is 11.6 Å². The van der Waals surface area contributed by atoms with Gasteiger partial charge in [-0.1, -0.05) is 13.8 Å². The Bertz CT molecular complexity index is 1270. The molecule has 4 fully saturated rings. The molecule has 1 aliphatic heterocycles. The molecule has 0 aromatic carbocycles. The molecule has 0 aromatic heterocycles. The zero-order chi connectivity index (χ0) is 31.5. The van der Waals surface area contributed by atoms with E-state index < -0.39 is 67.5 Å². The van der Waals surface area contributed by atoms with Crippen LogP contribution in [0.5, 0.6) is 0 Å². The quantitative estimate of drug-likeness (QED) is 0.328. The van der Waals surface area contributed by atoms with Crippen LogP contribution in [0.1, 0.15) is 99.8 Å². The number of hydrogen-bond donors (Lipinski definition) is 4. The zero-order valence-corrected chi connectivity index (χ0v) is 27.1. The molecule has 1 saturated heterocycles. The number of hydrogen-bond acceptors (Lipinski definition) is 10. The van der Waals surface area contributed by atoms with Crippen molar-refractivity contribution in [3.8, 4) is 0 Å². The second kappa shape index (κ2) is 9.55. The summed E-state index contributed by atoms with van der Waals surface area (Å²) in [6.07, 6.45) is 3.25. The van der Waals surface area contributed by atoms with Crippen molar-refractivity contribution < 1.29 is 47.3 Å². The first kappa shape index (κ1) is 32.5. The molecule has 5 rings (SSSR count). The fourth-order valence-electron chi connectivity index (χ4n) is 9.79. The van der Waals surface area contributed by atoms with Crippen LogP contribution in [-0.2, 0) is 28.6 Å². The molecule has 0 radical (unpaired) electrons. The first-order valence-electron chi connectivity index (χ1n) is 15.3. The average Bonchev–Trinajstić information content (AvgIpc) is 3.19. The van der Waals surface area contributed by atoms with E-state index >= 15 is 0 Å². The van der Waals surface area contributed by atoms with Gasteiger partial charge in [0.25, 0.3) is 10.1 Å². The Balaban J connectivity index is 1.52. The highest BCUT2D eigenvalue weighted by Gasteiger charge is 2.74. The number of allylic oxidation sites excluding steroid dienone is 1. The Morgan fingerprint density at radius 3 is 2.29 bits per heavy atom. The van der Waals surface area contributed by atoms with Crippen molar-refractivity contribution >= 4 is 15.9 Å². The van der Waals surface area contributed by atoms with E-state index in [1.54, 1.807) is 33.8 Å². The van der Waals surface area contributed by atoms with Gasteiger partial charge in [-0.05, 0) is 103 Å². The molecule has 0 amide bonds. The van der Waals surface area contributed by atoms with Crippen molar-refractivity contribution in [1.29, 1.82) is 0 Å². The summed E-state index contributed by atoms with van der Waals surface area (Å²) in [6, 6.07) is 0. The fourth-order valence-corrected chi connectivity index (χ4v) is 10.4. The Labute approximate surface area is 249 Å². The minimum atomic E-state index is -3.83. The number of carbonyl (C=O) groups excluding carboxylic acids is 1. The molecular weight excluding hydrogens is 564 g/mol. The molecule has 240 valence electrons. The van der Waals surface area contributed by atoms with Gasteiger partial charge in [0.05, 0.1) is 23.6 Å². The Morgan fingerprint density at radius 2 is 1.69 bits per heavy atom. The van der Waals surface area contributed by atoms with Gasteiger partial charge >= 0.3 is 0 Å². The molecule has 42 heavy (non-hydrogen) atoms. The van der Waals surface area contributed by atoms with E-state index in [-0.39, 0.29) is 43.3 Å². The van der Waals surface area contributed by atoms with Crippen molar-refractivity contribution in [1.82, 2.24) is 0 Å². The number of fused-ring (bicyclic) bond motifs is 5. The molecule has 11 heteroatoms. The third-order valence-corrected chi connectivity index (χ3v) is 12.4. The molecule has 4 aliphatic carbocycles. The lowest BCUT2D eigenvalue weighted by Gasteiger charge is -2.61. The lowest BCUT2D eigenvalue weighted by molar-refractivity contribution is -0.255. The van der Waals surface area contributed by atoms with Crippen LogP contribution in [0.4, 0.5) is 0 Å². The summed E-state index contributed by atoms with van der Waals surface area (Å²) in [4.78, 5) is 13.7. The number of ketones is 1. The fraction of sp³-hybridized carbons (Fsp3) is 0.903. The monoisotopic (exact) mass is 614 g/mol. The first-order chi connectivity index (χ1) is 18.9. The average molecular weight is 615 g/mol. The third kappa shape index (κ3) is 4.85. The van der Waals surface area contributed by atoms with Gasteiger partial charge in [-0.3, -0.25) is 8.98 Å². The summed E-state index contributed by atoms with van der Waals surface area (Å²) < 4.78 is 42.0. The minimum absolute atomic E-state index is 0.0979. The summed E-state index contributed by atoms with van der Waals surface area (Å²) in [5, 5.41) is 46.0. The standard InChI is InChI=1S/C31H50O10S/c1-25(2,34)13-14-31(36)29(7,40-26(3,4)41-31)24-10-12-30(35)19-15-21(32)20-16-22(33)23(39-42(8,37)38)17-27(20,5)18(19)9-11-28(24,30)6/h15,18,20,22-24,33-36H,9-14,16-17H2,1-8H3/t18-,20-,22+,23-,24-,27+,28+,29+,30+,31+/m0/s1. The molecule has 10 atom stereocenters. The molecule has 5 aliphatic rings. The van der Waals surface area contributed by atoms with Crippen LogP contribution >= 0.6 is 0 Å². The number of rotatable bonds is 6. The zero-order valence-electron chi connectivity index (χ0n) is 26.3. The molecule has 0 unspecified atom stereocenters. The van der Waals surface area contributed by atoms with Crippen LogP contribution < -0.4 is 0 Å². The lowest BCUT2D eigenvalue weighted by Crippen LogP contribution is -2.64. The Kier molecular flexibility index (Phi) is 7.38. The SMILES string of the molecule is CC(C)(O)CC[C@@]1(O)OC(C)(C)O[C@]1(C)[C@H]1CC[C@@]2(O)C3=CC(=O)[C@@H]4C[C@@H](O)[C@@H](OS(C)(=O)=O)C[C@]4(C)[C@H]3CC[C@]12C. The number of ether oxygens (including phenoxy) is 2. The highest BCUT2D eigenvalue weighted by Crippen LogP contribution is 2.70. The Morgan fingerprint density at radius 1 is 1.05 bits per heavy atom. The number of aliphatic hydroxyl groups is 4. The number of carbonyl (C=O) groups is 1. The van der Waals surface area contributed by atoms with Crippen LogP contribution in [0, 0.1) is 28.6 Å². The van der Waals surface area contributed by atoms with E-state index in [4.69, 9.17) is 13.7 Å². The summed E-state index contributed by atoms with van der Waals surface area (Å²) in [6.45, 7) is 12.7. The van der Waals surface area contributed by atoms with Crippen molar-refractivity contribution in [3.63, 3.8) is 0 Å². The van der Waals surface area contributed by atoms with Crippen molar-refractivity contribution in [2.45, 2.75) is 140 Å². The van der Waals surface area contributed by atoms with Crippen LogP contribution in [-0.4, -0.2) is 81.5 Å². The van der Waals surface area contributed by atoms with Gasteiger partial charge in [0.2, 0.25) is 0 Å². The Hall–Kier alpha value is -0.920. The second-order valence-corrected chi connectivity index (χ2v) is 17.3. The van der Waals surface area contributed by atoms with E-state index in [2.05, 4.69) is 0 Å². The van der Waals surface area contributed by atoms with E-state index in [1.165, 1.54) is 0 Å². The van der Waals surface area contributed by atoms with Crippen LogP contribution in [0.2, 0.25) is 0 Å². The minimum Gasteiger partial charge on any atom is -0.390 e. The largest absolute Gasteiger partial charge is 0.390 e. The van der Waals surface area contributed by atoms with Gasteiger partial charge in [-0.15, -0.1) is 0 Å². The van der Waals surface area contributed by atoms with E-state index in [0.717, 1.165) is 6.26 Å². The third-order valence-electron chi connectivity index (χ3n) is 11.8. The second-order valence-electron chi connectivity index (χ2n) is 15.7. The van der Waals surface area contributed by atoms with Crippen LogP contribution in [0.25, 0.3) is 0 Å². The summed E-state index contributed by atoms with van der Waals surface area (Å²) in [5.74, 6) is -4.07. The van der Waals surface area contributed by atoms with E-state index in [9.17, 15) is 33.6 Å². The van der Waals surface area contributed by atoms with Gasteiger partial charge in [0.1, 0.15) is 11.7 Å². The van der Waals surface area contributed by atoms with Gasteiger partial charge in [0, 0.05) is 23.7 Å². The van der Waals surface area contributed by atoms with Crippen LogP contribution in [0.15, 0.2) is 11.6 Å². The molecule has 0 spiro atoms. The smallest absolute Gasteiger partial charge is 0.264 e. The maximum absolute atomic E-state index is 13.7. The molecule has 1 heterocycles. The lowest BCUT2D eigenvalue weighted by atomic mass is 9.45. The van der Waals surface area contributed by atoms with Gasteiger partial charge in [0.15, 0.2) is 17.4 Å². The maximum atomic E-state index is 13.7. The molecule has 4 N–H and O–H groups in total. The molecule has 0 bridgehead atoms. The highest BCUT2D eigenvalue weighted by atomic mass is 32.2. The first-order valence-corrected chi connectivity index (χ1v) is 17.1. The van der Waals surface area contributed by atoms with E-state index in [0.29, 0.717) is 31.3 Å². The van der Waals surface area contributed by atoms with Crippen molar-refractivity contribution in [2.75, 3.05) is 6.26 Å². The molecular formula is C31H50O10S. The summed E-state index contributed by atoms with van der Waals surface area (Å²) >= 11 is 0. The maximum Gasteiger partial charge on any atom is 0.264 e. The molecule has 10 nitrogen and oxygen atoms in total. The predicted molar refractivity (Wildman–Crippen MR) is 153 cm³/mol. The summed E-state index contributed by atoms with van der Waals surface area (Å²) in [5.41, 5.74) is -4.46.